The molecule has 8 aliphatic rings. The predicted molar refractivity (Wildman–Crippen MR) is 157 cm³/mol. The normalized spacial score (nSPS) is 39.4. The molecule has 10 rings (SSSR count). The maximum atomic E-state index is 11.9. The lowest BCUT2D eigenvalue weighted by atomic mass is 9.30. The molecule has 0 aliphatic heterocycles. The van der Waals surface area contributed by atoms with Crippen molar-refractivity contribution in [3.05, 3.63) is 88.0 Å². The first-order valence-electron chi connectivity index (χ1n) is 15.7. The van der Waals surface area contributed by atoms with E-state index in [4.69, 9.17) is 0 Å². The lowest BCUT2D eigenvalue weighted by Crippen LogP contribution is -2.66. The molecule has 4 unspecified atom stereocenters. The van der Waals surface area contributed by atoms with E-state index in [2.05, 4.69) is 0 Å². The monoisotopic (exact) mass is 602 g/mol. The average Bonchev–Trinajstić information content (AvgIpc) is 2.95. The highest BCUT2D eigenvalue weighted by atomic mass is 16.6. The van der Waals surface area contributed by atoms with Gasteiger partial charge in [0.25, 0.3) is 0 Å². The van der Waals surface area contributed by atoms with Gasteiger partial charge in [-0.2, -0.15) is 0 Å². The summed E-state index contributed by atoms with van der Waals surface area (Å²) < 4.78 is 0. The summed E-state index contributed by atoms with van der Waals surface area (Å²) in [5.74, 6) is 1.98. The van der Waals surface area contributed by atoms with E-state index in [9.17, 15) is 40.5 Å². The van der Waals surface area contributed by atoms with E-state index in [0.717, 1.165) is 88.2 Å². The van der Waals surface area contributed by atoms with Crippen molar-refractivity contribution in [2.24, 2.45) is 34.5 Å². The number of hydrogen-bond donors (Lipinski definition) is 0. The van der Waals surface area contributed by atoms with E-state index in [1.165, 1.54) is 24.3 Å². The molecule has 8 bridgehead atoms. The molecule has 0 amide bonds. The van der Waals surface area contributed by atoms with Crippen molar-refractivity contribution in [2.75, 3.05) is 0 Å². The smallest absolute Gasteiger partial charge is 0.258 e. The fourth-order valence-corrected chi connectivity index (χ4v) is 12.7. The highest BCUT2D eigenvalue weighted by Crippen LogP contribution is 2.79. The number of nitro benzene ring substituents is 4. The first kappa shape index (κ1) is 27.6. The third-order valence-corrected chi connectivity index (χ3v) is 13.2. The van der Waals surface area contributed by atoms with Crippen LogP contribution in [0.3, 0.4) is 0 Å². The molecule has 8 saturated carbocycles. The predicted octanol–water partition coefficient (Wildman–Crippen LogP) is 7.70. The fourth-order valence-electron chi connectivity index (χ4n) is 12.7. The van der Waals surface area contributed by atoms with E-state index in [1.54, 1.807) is 12.1 Å². The van der Waals surface area contributed by atoms with Crippen LogP contribution >= 0.6 is 0 Å². The van der Waals surface area contributed by atoms with Crippen LogP contribution < -0.4 is 0 Å². The van der Waals surface area contributed by atoms with Crippen molar-refractivity contribution in [1.29, 1.82) is 0 Å². The summed E-state index contributed by atoms with van der Waals surface area (Å²) in [4.78, 5) is 44.4. The molecule has 8 aliphatic carbocycles. The molecule has 0 radical (unpaired) electrons. The van der Waals surface area contributed by atoms with E-state index in [-0.39, 0.29) is 21.7 Å². The second-order valence-corrected chi connectivity index (χ2v) is 15.5. The Morgan fingerprint density at radius 1 is 0.477 bits per heavy atom. The Hall–Kier alpha value is -3.96. The minimum atomic E-state index is -0.680. The second kappa shape index (κ2) is 8.82. The molecule has 8 fully saturated rings. The van der Waals surface area contributed by atoms with Crippen molar-refractivity contribution in [3.8, 4) is 0 Å². The van der Waals surface area contributed by atoms with Crippen molar-refractivity contribution in [1.82, 2.24) is 0 Å². The minimum absolute atomic E-state index is 0.0311. The van der Waals surface area contributed by atoms with Crippen molar-refractivity contribution in [2.45, 2.75) is 87.9 Å². The second-order valence-electron chi connectivity index (χ2n) is 15.5. The third kappa shape index (κ3) is 3.68. The molecule has 44 heavy (non-hydrogen) atoms. The highest BCUT2D eigenvalue weighted by molar-refractivity contribution is 5.57. The van der Waals surface area contributed by atoms with Gasteiger partial charge in [-0.05, 0) is 134 Å². The van der Waals surface area contributed by atoms with Crippen LogP contribution in [0.2, 0.25) is 0 Å². The van der Waals surface area contributed by atoms with E-state index < -0.39 is 42.4 Å². The van der Waals surface area contributed by atoms with Crippen LogP contribution in [0.5, 0.6) is 0 Å². The Kier molecular flexibility index (Phi) is 5.53. The van der Waals surface area contributed by atoms with Gasteiger partial charge >= 0.3 is 22.7 Å². The quantitative estimate of drug-likeness (QED) is 0.229. The molecule has 0 saturated heterocycles. The van der Waals surface area contributed by atoms with Crippen LogP contribution in [-0.2, 0) is 10.8 Å². The number of nitrogens with zero attached hydrogens (tertiary/aromatic N) is 4. The number of benzene rings is 2. The molecule has 4 atom stereocenters. The Morgan fingerprint density at radius 2 is 0.795 bits per heavy atom. The lowest BCUT2D eigenvalue weighted by molar-refractivity contribution is -0.422. The molecule has 0 spiro atoms. The summed E-state index contributed by atoms with van der Waals surface area (Å²) in [6.07, 6.45) is 12.4. The van der Waals surface area contributed by atoms with Gasteiger partial charge < -0.3 is 0 Å². The van der Waals surface area contributed by atoms with Gasteiger partial charge in [0.2, 0.25) is 0 Å². The van der Waals surface area contributed by atoms with Gasteiger partial charge in [-0.1, -0.05) is 12.1 Å². The zero-order valence-electron chi connectivity index (χ0n) is 24.3. The molecule has 2 aromatic rings. The summed E-state index contributed by atoms with van der Waals surface area (Å²) in [5, 5.41) is 47.0. The summed E-state index contributed by atoms with van der Waals surface area (Å²) in [5.41, 5.74) is -0.558. The Morgan fingerprint density at radius 3 is 1.09 bits per heavy atom. The molecule has 12 nitrogen and oxygen atoms in total. The molecule has 2 aromatic carbocycles. The zero-order valence-corrected chi connectivity index (χ0v) is 24.3. The van der Waals surface area contributed by atoms with Crippen LogP contribution in [0.4, 0.5) is 22.7 Å². The molecule has 230 valence electrons. The van der Waals surface area contributed by atoms with Gasteiger partial charge in [0, 0.05) is 24.3 Å². The number of rotatable bonds is 7. The first-order chi connectivity index (χ1) is 20.9. The highest BCUT2D eigenvalue weighted by Gasteiger charge is 2.70. The maximum absolute atomic E-state index is 11.9. The third-order valence-electron chi connectivity index (χ3n) is 13.2. The SMILES string of the molecule is O=[N+]([O-])c1ccc(C23CC4CC(C2)CC(C25CC6CC(CC(c7ccc([N+](=O)[O-])c([N+](=O)[O-])c7)(C6)C2)C5)(C4)C3)cc1[N+](=O)[O-]. The first-order valence-corrected chi connectivity index (χ1v) is 15.7. The lowest BCUT2D eigenvalue weighted by Gasteiger charge is -2.74. The summed E-state index contributed by atoms with van der Waals surface area (Å²) in [7, 11) is 0. The maximum Gasteiger partial charge on any atom is 0.346 e. The molecular formula is C32H34N4O8. The summed E-state index contributed by atoms with van der Waals surface area (Å²) in [6, 6.07) is 9.14. The molecule has 12 heteroatoms. The van der Waals surface area contributed by atoms with Gasteiger partial charge in [-0.25, -0.2) is 0 Å². The van der Waals surface area contributed by atoms with Gasteiger partial charge in [0.1, 0.15) is 0 Å². The topological polar surface area (TPSA) is 173 Å². The minimum Gasteiger partial charge on any atom is -0.258 e. The Labute approximate surface area is 252 Å². The molecular weight excluding hydrogens is 568 g/mol. The number of nitro groups is 4. The van der Waals surface area contributed by atoms with Gasteiger partial charge in [0.05, 0.1) is 19.7 Å². The average molecular weight is 603 g/mol. The Balaban J connectivity index is 1.22. The van der Waals surface area contributed by atoms with Gasteiger partial charge in [-0.3, -0.25) is 40.5 Å². The van der Waals surface area contributed by atoms with Crippen LogP contribution in [0.1, 0.15) is 88.2 Å². The van der Waals surface area contributed by atoms with Crippen LogP contribution in [-0.4, -0.2) is 19.7 Å². The van der Waals surface area contributed by atoms with Gasteiger partial charge in [-0.15, -0.1) is 0 Å². The molecule has 0 aromatic heterocycles. The van der Waals surface area contributed by atoms with Crippen LogP contribution in [0, 0.1) is 75.0 Å². The van der Waals surface area contributed by atoms with E-state index >= 15 is 0 Å². The number of hydrogen-bond acceptors (Lipinski definition) is 8. The van der Waals surface area contributed by atoms with Crippen molar-refractivity contribution < 1.29 is 19.7 Å². The van der Waals surface area contributed by atoms with Crippen LogP contribution in [0.15, 0.2) is 36.4 Å². The van der Waals surface area contributed by atoms with Crippen LogP contribution in [0.25, 0.3) is 0 Å². The zero-order chi connectivity index (χ0) is 30.8. The van der Waals surface area contributed by atoms with Crippen molar-refractivity contribution >= 4 is 22.7 Å². The van der Waals surface area contributed by atoms with E-state index in [1.807, 2.05) is 0 Å². The Bertz CT molecular complexity index is 1520. The largest absolute Gasteiger partial charge is 0.346 e. The van der Waals surface area contributed by atoms with Crippen molar-refractivity contribution in [3.63, 3.8) is 0 Å². The molecule has 0 heterocycles. The summed E-state index contributed by atoms with van der Waals surface area (Å²) in [6.45, 7) is 0. The standard InChI is InChI=1S/C32H34N4O8/c37-33(38)25-3-1-23(7-27(25)35(41)42)29-9-19-5-20(10-29)14-31(13-19,17-29)32-15-21-6-22(16-32)12-30(11-21,18-32)24-2-4-26(34(39)40)28(8-24)36(43)44/h1-4,7-8,19-22H,5-6,9-18H2. The van der Waals surface area contributed by atoms with E-state index in [0.29, 0.717) is 23.7 Å². The fraction of sp³-hybridized carbons (Fsp3) is 0.625. The molecule has 0 N–H and O–H groups in total. The summed E-state index contributed by atoms with van der Waals surface area (Å²) >= 11 is 0. The van der Waals surface area contributed by atoms with Gasteiger partial charge in [0.15, 0.2) is 0 Å².